The van der Waals surface area contributed by atoms with Gasteiger partial charge in [-0.05, 0) is 12.8 Å². The molecule has 1 atom stereocenters. The van der Waals surface area contributed by atoms with Gasteiger partial charge in [0.25, 0.3) is 0 Å². The number of amides is 2. The van der Waals surface area contributed by atoms with Crippen molar-refractivity contribution in [1.82, 2.24) is 20.4 Å². The number of nitrogens with zero attached hydrogens (tertiary/aromatic N) is 3. The molecule has 98 valence electrons. The fraction of sp³-hybridized carbons (Fsp3) is 0.600. The molecule has 1 aromatic heterocycles. The second-order valence-corrected chi connectivity index (χ2v) is 4.01. The molecule has 0 bridgehead atoms. The number of hydrogen-bond acceptors (Lipinski definition) is 5. The van der Waals surface area contributed by atoms with Crippen molar-refractivity contribution in [2.75, 3.05) is 13.1 Å². The van der Waals surface area contributed by atoms with Crippen LogP contribution in [0.5, 0.6) is 0 Å². The number of aliphatic carboxylic acids is 1. The topological polar surface area (TPSA) is 109 Å². The number of aromatic nitrogens is 2. The molecule has 1 aliphatic rings. The number of carboxylic acid groups (broad SMARTS) is 1. The minimum atomic E-state index is -0.959. The highest BCUT2D eigenvalue weighted by molar-refractivity contribution is 5.83. The molecule has 0 radical (unpaired) electrons. The van der Waals surface area contributed by atoms with Crippen molar-refractivity contribution >= 4 is 12.0 Å². The Bertz CT molecular complexity index is 420. The van der Waals surface area contributed by atoms with Gasteiger partial charge in [-0.1, -0.05) is 5.16 Å². The van der Waals surface area contributed by atoms with Crippen LogP contribution in [-0.2, 0) is 11.2 Å². The van der Waals surface area contributed by atoms with Crippen LogP contribution < -0.4 is 5.32 Å². The smallest absolute Gasteiger partial charge is 0.326 e. The van der Waals surface area contributed by atoms with E-state index >= 15 is 0 Å². The van der Waals surface area contributed by atoms with Gasteiger partial charge in [0.2, 0.25) is 5.89 Å². The van der Waals surface area contributed by atoms with Gasteiger partial charge in [0.1, 0.15) is 6.04 Å². The first-order chi connectivity index (χ1) is 8.68. The van der Waals surface area contributed by atoms with E-state index in [2.05, 4.69) is 15.5 Å². The van der Waals surface area contributed by atoms with Gasteiger partial charge in [0.15, 0.2) is 6.33 Å². The SMILES string of the molecule is O=C(O)C1CCCN1C(=O)NCCc1ncno1. The van der Waals surface area contributed by atoms with Gasteiger partial charge in [-0.3, -0.25) is 0 Å². The van der Waals surface area contributed by atoms with Crippen LogP contribution in [0.2, 0.25) is 0 Å². The fourth-order valence-electron chi connectivity index (χ4n) is 1.95. The summed E-state index contributed by atoms with van der Waals surface area (Å²) in [6, 6.07) is -1.08. The van der Waals surface area contributed by atoms with Crippen molar-refractivity contribution < 1.29 is 19.2 Å². The van der Waals surface area contributed by atoms with Crippen LogP contribution >= 0.6 is 0 Å². The lowest BCUT2D eigenvalue weighted by Crippen LogP contribution is -2.46. The van der Waals surface area contributed by atoms with E-state index in [1.54, 1.807) is 0 Å². The summed E-state index contributed by atoms with van der Waals surface area (Å²) >= 11 is 0. The number of carbonyl (C=O) groups is 2. The molecule has 0 aliphatic carbocycles. The first-order valence-corrected chi connectivity index (χ1v) is 5.71. The summed E-state index contributed by atoms with van der Waals surface area (Å²) in [5, 5.41) is 15.0. The molecule has 8 heteroatoms. The Labute approximate surface area is 103 Å². The summed E-state index contributed by atoms with van der Waals surface area (Å²) in [6.07, 6.45) is 2.94. The highest BCUT2D eigenvalue weighted by Gasteiger charge is 2.33. The zero-order valence-electron chi connectivity index (χ0n) is 9.70. The molecule has 1 fully saturated rings. The highest BCUT2D eigenvalue weighted by Crippen LogP contribution is 2.17. The van der Waals surface area contributed by atoms with E-state index in [0.29, 0.717) is 38.2 Å². The molecular formula is C10H14N4O4. The van der Waals surface area contributed by atoms with Crippen LogP contribution in [0.4, 0.5) is 4.79 Å². The Kier molecular flexibility index (Phi) is 3.75. The zero-order chi connectivity index (χ0) is 13.0. The van der Waals surface area contributed by atoms with E-state index in [1.165, 1.54) is 11.2 Å². The van der Waals surface area contributed by atoms with Gasteiger partial charge in [-0.2, -0.15) is 4.98 Å². The number of urea groups is 1. The molecule has 0 saturated carbocycles. The molecule has 0 spiro atoms. The lowest BCUT2D eigenvalue weighted by atomic mass is 10.2. The largest absolute Gasteiger partial charge is 0.480 e. The van der Waals surface area contributed by atoms with E-state index in [4.69, 9.17) is 9.63 Å². The van der Waals surface area contributed by atoms with Gasteiger partial charge >= 0.3 is 12.0 Å². The highest BCUT2D eigenvalue weighted by atomic mass is 16.5. The van der Waals surface area contributed by atoms with Crippen molar-refractivity contribution in [1.29, 1.82) is 0 Å². The zero-order valence-corrected chi connectivity index (χ0v) is 9.70. The lowest BCUT2D eigenvalue weighted by Gasteiger charge is -2.21. The molecule has 2 amide bonds. The molecule has 18 heavy (non-hydrogen) atoms. The summed E-state index contributed by atoms with van der Waals surface area (Å²) in [5.74, 6) is -0.522. The summed E-state index contributed by atoms with van der Waals surface area (Å²) in [4.78, 5) is 27.9. The number of carboxylic acids is 1. The second kappa shape index (κ2) is 5.48. The van der Waals surface area contributed by atoms with Crippen molar-refractivity contribution in [3.63, 3.8) is 0 Å². The van der Waals surface area contributed by atoms with Gasteiger partial charge < -0.3 is 19.8 Å². The predicted octanol–water partition coefficient (Wildman–Crippen LogP) is -0.129. The Morgan fingerprint density at radius 2 is 2.44 bits per heavy atom. The summed E-state index contributed by atoms with van der Waals surface area (Å²) < 4.78 is 4.78. The van der Waals surface area contributed by atoms with Crippen molar-refractivity contribution in [2.45, 2.75) is 25.3 Å². The molecule has 8 nitrogen and oxygen atoms in total. The fourth-order valence-corrected chi connectivity index (χ4v) is 1.95. The van der Waals surface area contributed by atoms with Crippen LogP contribution in [0, 0.1) is 0 Å². The second-order valence-electron chi connectivity index (χ2n) is 4.01. The Balaban J connectivity index is 1.79. The molecule has 0 aromatic carbocycles. The first-order valence-electron chi connectivity index (χ1n) is 5.71. The molecule has 1 aromatic rings. The summed E-state index contributed by atoms with van der Waals surface area (Å²) in [6.45, 7) is 0.813. The number of nitrogens with one attached hydrogen (secondary N) is 1. The summed E-state index contributed by atoms with van der Waals surface area (Å²) in [7, 11) is 0. The molecule has 2 N–H and O–H groups in total. The van der Waals surface area contributed by atoms with E-state index in [9.17, 15) is 9.59 Å². The van der Waals surface area contributed by atoms with Crippen molar-refractivity contribution in [3.8, 4) is 0 Å². The molecule has 2 rings (SSSR count). The Hall–Kier alpha value is -2.12. The van der Waals surface area contributed by atoms with E-state index < -0.39 is 12.0 Å². The van der Waals surface area contributed by atoms with Crippen LogP contribution in [0.25, 0.3) is 0 Å². The molecular weight excluding hydrogens is 240 g/mol. The third kappa shape index (κ3) is 2.76. The Morgan fingerprint density at radius 1 is 1.61 bits per heavy atom. The monoisotopic (exact) mass is 254 g/mol. The average molecular weight is 254 g/mol. The van der Waals surface area contributed by atoms with Crippen LogP contribution in [0.15, 0.2) is 10.9 Å². The van der Waals surface area contributed by atoms with Gasteiger partial charge in [-0.15, -0.1) is 0 Å². The maximum Gasteiger partial charge on any atom is 0.326 e. The van der Waals surface area contributed by atoms with Crippen molar-refractivity contribution in [2.24, 2.45) is 0 Å². The van der Waals surface area contributed by atoms with Gasteiger partial charge in [0.05, 0.1) is 0 Å². The maximum atomic E-state index is 11.8. The third-order valence-corrected chi connectivity index (χ3v) is 2.82. The molecule has 2 heterocycles. The van der Waals surface area contributed by atoms with Crippen LogP contribution in [0.3, 0.4) is 0 Å². The van der Waals surface area contributed by atoms with E-state index in [-0.39, 0.29) is 6.03 Å². The number of hydrogen-bond donors (Lipinski definition) is 2. The van der Waals surface area contributed by atoms with Crippen molar-refractivity contribution in [3.05, 3.63) is 12.2 Å². The Morgan fingerprint density at radius 3 is 3.11 bits per heavy atom. The van der Waals surface area contributed by atoms with E-state index in [0.717, 1.165) is 0 Å². The van der Waals surface area contributed by atoms with Crippen LogP contribution in [0.1, 0.15) is 18.7 Å². The average Bonchev–Trinajstić information content (AvgIpc) is 2.99. The molecule has 1 saturated heterocycles. The minimum Gasteiger partial charge on any atom is -0.480 e. The standard InChI is InChI=1S/C10H14N4O4/c15-9(16)7-2-1-5-14(7)10(17)11-4-3-8-12-6-13-18-8/h6-7H,1-5H2,(H,11,17)(H,15,16). The van der Waals surface area contributed by atoms with Crippen LogP contribution in [-0.4, -0.2) is 51.3 Å². The number of likely N-dealkylation sites (tertiary alicyclic amines) is 1. The lowest BCUT2D eigenvalue weighted by molar-refractivity contribution is -0.141. The normalized spacial score (nSPS) is 18.9. The maximum absolute atomic E-state index is 11.8. The molecule has 1 aliphatic heterocycles. The van der Waals surface area contributed by atoms with Gasteiger partial charge in [0, 0.05) is 19.5 Å². The minimum absolute atomic E-state index is 0.337. The molecule has 1 unspecified atom stereocenters. The number of carbonyl (C=O) groups excluding carboxylic acids is 1. The summed E-state index contributed by atoms with van der Waals surface area (Å²) in [5.41, 5.74) is 0. The number of rotatable bonds is 4. The van der Waals surface area contributed by atoms with E-state index in [1.807, 2.05) is 0 Å². The quantitative estimate of drug-likeness (QED) is 0.774. The first kappa shape index (κ1) is 12.3. The predicted molar refractivity (Wildman–Crippen MR) is 58.8 cm³/mol. The van der Waals surface area contributed by atoms with Gasteiger partial charge in [-0.25, -0.2) is 9.59 Å². The third-order valence-electron chi connectivity index (χ3n) is 2.82.